The summed E-state index contributed by atoms with van der Waals surface area (Å²) < 4.78 is 7.30. The number of Topliss-reactive ketones (excluding diaryl/α,β-unsaturated/α-hetero) is 1. The standard InChI is InChI=1S/C19H26N2O2S/c1-12-9-14(3)17(10-13(12)2)18(22)11-24-19-20-15(4)16(5)21(19)7-8-23-6/h9-10H,7-8,11H2,1-6H3. The van der Waals surface area contributed by atoms with Crippen LogP contribution in [0.2, 0.25) is 0 Å². The van der Waals surface area contributed by atoms with Gasteiger partial charge < -0.3 is 9.30 Å². The molecule has 0 amide bonds. The van der Waals surface area contributed by atoms with E-state index in [1.807, 2.05) is 26.8 Å². The van der Waals surface area contributed by atoms with Crippen molar-refractivity contribution in [1.82, 2.24) is 9.55 Å². The summed E-state index contributed by atoms with van der Waals surface area (Å²) in [6.07, 6.45) is 0. The van der Waals surface area contributed by atoms with Gasteiger partial charge in [-0.25, -0.2) is 4.98 Å². The van der Waals surface area contributed by atoms with E-state index in [0.717, 1.165) is 39.8 Å². The molecular formula is C19H26N2O2S. The molecule has 0 aliphatic carbocycles. The lowest BCUT2D eigenvalue weighted by Gasteiger charge is -2.10. The number of aromatic nitrogens is 2. The molecule has 0 radical (unpaired) electrons. The van der Waals surface area contributed by atoms with Gasteiger partial charge >= 0.3 is 0 Å². The Balaban J connectivity index is 2.15. The first-order valence-electron chi connectivity index (χ1n) is 8.11. The molecule has 0 fully saturated rings. The van der Waals surface area contributed by atoms with Crippen molar-refractivity contribution in [1.29, 1.82) is 0 Å². The third-order valence-electron chi connectivity index (χ3n) is 4.42. The van der Waals surface area contributed by atoms with Gasteiger partial charge in [-0.05, 0) is 57.4 Å². The lowest BCUT2D eigenvalue weighted by molar-refractivity contribution is 0.102. The van der Waals surface area contributed by atoms with Gasteiger partial charge in [0.2, 0.25) is 0 Å². The summed E-state index contributed by atoms with van der Waals surface area (Å²) in [7, 11) is 1.69. The maximum Gasteiger partial charge on any atom is 0.173 e. The molecule has 2 aromatic rings. The first kappa shape index (κ1) is 18.7. The van der Waals surface area contributed by atoms with E-state index in [9.17, 15) is 4.79 Å². The SMILES string of the molecule is COCCn1c(SCC(=O)c2cc(C)c(C)cc2C)nc(C)c1C. The fourth-order valence-corrected chi connectivity index (χ4v) is 3.65. The Bertz CT molecular complexity index is 750. The van der Waals surface area contributed by atoms with Crippen LogP contribution in [-0.2, 0) is 11.3 Å². The van der Waals surface area contributed by atoms with E-state index in [4.69, 9.17) is 4.74 Å². The molecule has 2 rings (SSSR count). The third kappa shape index (κ3) is 4.08. The van der Waals surface area contributed by atoms with Crippen LogP contribution in [0.25, 0.3) is 0 Å². The summed E-state index contributed by atoms with van der Waals surface area (Å²) in [5, 5.41) is 0.886. The summed E-state index contributed by atoms with van der Waals surface area (Å²) in [6, 6.07) is 4.09. The van der Waals surface area contributed by atoms with Crippen molar-refractivity contribution in [3.8, 4) is 0 Å². The molecule has 0 bridgehead atoms. The first-order chi connectivity index (χ1) is 11.3. The Labute approximate surface area is 148 Å². The number of carbonyl (C=O) groups is 1. The molecule has 0 spiro atoms. The molecule has 24 heavy (non-hydrogen) atoms. The van der Waals surface area contributed by atoms with Crippen LogP contribution in [0.15, 0.2) is 17.3 Å². The van der Waals surface area contributed by atoms with Gasteiger partial charge in [-0.2, -0.15) is 0 Å². The number of benzene rings is 1. The molecule has 0 aliphatic rings. The van der Waals surface area contributed by atoms with Crippen LogP contribution in [0.4, 0.5) is 0 Å². The van der Waals surface area contributed by atoms with Crippen molar-refractivity contribution in [3.63, 3.8) is 0 Å². The Morgan fingerprint density at radius 2 is 1.79 bits per heavy atom. The fourth-order valence-electron chi connectivity index (χ4n) is 2.65. The van der Waals surface area contributed by atoms with E-state index in [2.05, 4.69) is 29.5 Å². The molecule has 130 valence electrons. The highest BCUT2D eigenvalue weighted by atomic mass is 32.2. The van der Waals surface area contributed by atoms with E-state index < -0.39 is 0 Å². The monoisotopic (exact) mass is 346 g/mol. The van der Waals surface area contributed by atoms with Gasteiger partial charge in [0, 0.05) is 24.9 Å². The predicted octanol–water partition coefficient (Wildman–Crippen LogP) is 4.05. The second kappa shape index (κ2) is 7.99. The average Bonchev–Trinajstić information content (AvgIpc) is 2.81. The van der Waals surface area contributed by atoms with Crippen LogP contribution in [0.3, 0.4) is 0 Å². The van der Waals surface area contributed by atoms with Crippen LogP contribution in [0, 0.1) is 34.6 Å². The van der Waals surface area contributed by atoms with E-state index in [-0.39, 0.29) is 5.78 Å². The number of rotatable bonds is 7. The smallest absolute Gasteiger partial charge is 0.173 e. The Morgan fingerprint density at radius 1 is 1.12 bits per heavy atom. The van der Waals surface area contributed by atoms with Gasteiger partial charge in [-0.3, -0.25) is 4.79 Å². The number of aryl methyl sites for hydroxylation is 4. The van der Waals surface area contributed by atoms with E-state index in [1.54, 1.807) is 7.11 Å². The molecule has 4 nitrogen and oxygen atoms in total. The van der Waals surface area contributed by atoms with Gasteiger partial charge in [-0.1, -0.05) is 17.8 Å². The zero-order valence-electron chi connectivity index (χ0n) is 15.4. The van der Waals surface area contributed by atoms with Gasteiger partial charge in [0.25, 0.3) is 0 Å². The number of imidazole rings is 1. The number of ether oxygens (including phenoxy) is 1. The summed E-state index contributed by atoms with van der Waals surface area (Å²) in [5.41, 5.74) is 6.36. The van der Waals surface area contributed by atoms with Crippen molar-refractivity contribution in [2.24, 2.45) is 0 Å². The summed E-state index contributed by atoms with van der Waals surface area (Å²) in [4.78, 5) is 17.2. The first-order valence-corrected chi connectivity index (χ1v) is 9.10. The molecule has 1 aromatic heterocycles. The average molecular weight is 346 g/mol. The molecular weight excluding hydrogens is 320 g/mol. The van der Waals surface area contributed by atoms with Crippen molar-refractivity contribution >= 4 is 17.5 Å². The summed E-state index contributed by atoms with van der Waals surface area (Å²) >= 11 is 1.50. The zero-order valence-corrected chi connectivity index (χ0v) is 16.2. The molecule has 0 aliphatic heterocycles. The van der Waals surface area contributed by atoms with Crippen LogP contribution >= 0.6 is 11.8 Å². The van der Waals surface area contributed by atoms with Crippen LogP contribution < -0.4 is 0 Å². The summed E-state index contributed by atoms with van der Waals surface area (Å²) in [5.74, 6) is 0.545. The molecule has 1 aromatic carbocycles. The largest absolute Gasteiger partial charge is 0.383 e. The highest BCUT2D eigenvalue weighted by Crippen LogP contribution is 2.24. The number of thioether (sulfide) groups is 1. The number of methoxy groups -OCH3 is 1. The number of nitrogens with zero attached hydrogens (tertiary/aromatic N) is 2. The fraction of sp³-hybridized carbons (Fsp3) is 0.474. The predicted molar refractivity (Wildman–Crippen MR) is 99.3 cm³/mol. The minimum atomic E-state index is 0.150. The lowest BCUT2D eigenvalue weighted by Crippen LogP contribution is -2.10. The zero-order chi connectivity index (χ0) is 17.9. The van der Waals surface area contributed by atoms with Crippen LogP contribution in [0.1, 0.15) is 38.4 Å². The Kier molecular flexibility index (Phi) is 6.24. The maximum atomic E-state index is 12.6. The van der Waals surface area contributed by atoms with Gasteiger partial charge in [0.15, 0.2) is 10.9 Å². The van der Waals surface area contributed by atoms with Crippen LogP contribution in [0.5, 0.6) is 0 Å². The number of carbonyl (C=O) groups excluding carboxylic acids is 1. The molecule has 0 saturated carbocycles. The highest BCUT2D eigenvalue weighted by molar-refractivity contribution is 7.99. The Hall–Kier alpha value is -1.59. The number of ketones is 1. The van der Waals surface area contributed by atoms with E-state index in [1.165, 1.54) is 17.3 Å². The van der Waals surface area contributed by atoms with Crippen molar-refractivity contribution < 1.29 is 9.53 Å². The number of hydrogen-bond acceptors (Lipinski definition) is 4. The quantitative estimate of drug-likeness (QED) is 0.560. The molecule has 0 saturated heterocycles. The highest BCUT2D eigenvalue weighted by Gasteiger charge is 2.15. The van der Waals surface area contributed by atoms with E-state index in [0.29, 0.717) is 12.4 Å². The van der Waals surface area contributed by atoms with Crippen molar-refractivity contribution in [2.45, 2.75) is 46.3 Å². The Morgan fingerprint density at radius 3 is 2.46 bits per heavy atom. The molecule has 1 heterocycles. The molecule has 0 unspecified atom stereocenters. The van der Waals surface area contributed by atoms with E-state index >= 15 is 0 Å². The number of hydrogen-bond donors (Lipinski definition) is 0. The van der Waals surface area contributed by atoms with Crippen molar-refractivity contribution in [3.05, 3.63) is 45.8 Å². The van der Waals surface area contributed by atoms with Gasteiger partial charge in [0.05, 0.1) is 18.1 Å². The summed E-state index contributed by atoms with van der Waals surface area (Å²) in [6.45, 7) is 11.6. The topological polar surface area (TPSA) is 44.1 Å². The normalized spacial score (nSPS) is 11.1. The molecule has 0 N–H and O–H groups in total. The second-order valence-corrected chi connectivity index (χ2v) is 7.12. The maximum absolute atomic E-state index is 12.6. The lowest BCUT2D eigenvalue weighted by atomic mass is 9.99. The van der Waals surface area contributed by atoms with Gasteiger partial charge in [-0.15, -0.1) is 0 Å². The minimum Gasteiger partial charge on any atom is -0.383 e. The third-order valence-corrected chi connectivity index (χ3v) is 5.39. The van der Waals surface area contributed by atoms with Gasteiger partial charge in [0.1, 0.15) is 0 Å². The minimum absolute atomic E-state index is 0.150. The molecule has 5 heteroatoms. The molecule has 0 atom stereocenters. The van der Waals surface area contributed by atoms with Crippen LogP contribution in [-0.4, -0.2) is 34.8 Å². The second-order valence-electron chi connectivity index (χ2n) is 6.17. The van der Waals surface area contributed by atoms with Crippen molar-refractivity contribution in [2.75, 3.05) is 19.5 Å².